The van der Waals surface area contributed by atoms with Crippen LogP contribution < -0.4 is 0 Å². The molecule has 106 valence electrons. The summed E-state index contributed by atoms with van der Waals surface area (Å²) in [5.74, 6) is 0.894. The van der Waals surface area contributed by atoms with Gasteiger partial charge in [-0.2, -0.15) is 4.98 Å². The number of nitrogens with zero attached hydrogens (tertiary/aromatic N) is 2. The molecule has 0 aliphatic carbocycles. The Bertz CT molecular complexity index is 607. The lowest BCUT2D eigenvalue weighted by Gasteiger charge is -2.12. The molecule has 0 radical (unpaired) electrons. The number of benzene rings is 1. The Morgan fingerprint density at radius 2 is 2.15 bits per heavy atom. The number of carbonyl (C=O) groups excluding carboxylic acids is 1. The lowest BCUT2D eigenvalue weighted by Crippen LogP contribution is -2.15. The van der Waals surface area contributed by atoms with E-state index in [4.69, 9.17) is 4.52 Å². The first-order chi connectivity index (χ1) is 9.47. The third-order valence-electron chi connectivity index (χ3n) is 3.11. The highest BCUT2D eigenvalue weighted by molar-refractivity contribution is 9.10. The van der Waals surface area contributed by atoms with Gasteiger partial charge in [-0.1, -0.05) is 47.1 Å². The third kappa shape index (κ3) is 3.54. The fourth-order valence-electron chi connectivity index (χ4n) is 2.22. The van der Waals surface area contributed by atoms with Crippen LogP contribution in [0.25, 0.3) is 0 Å². The van der Waals surface area contributed by atoms with Gasteiger partial charge in [0.25, 0.3) is 0 Å². The Kier molecular flexibility index (Phi) is 4.70. The Morgan fingerprint density at radius 3 is 2.75 bits per heavy atom. The van der Waals surface area contributed by atoms with Gasteiger partial charge in [0, 0.05) is 10.9 Å². The highest BCUT2D eigenvalue weighted by atomic mass is 79.9. The minimum atomic E-state index is -0.321. The number of carbonyl (C=O) groups is 1. The highest BCUT2D eigenvalue weighted by Gasteiger charge is 2.26. The number of aromatic nitrogens is 2. The normalized spacial score (nSPS) is 12.7. The fourth-order valence-corrected chi connectivity index (χ4v) is 2.67. The van der Waals surface area contributed by atoms with Gasteiger partial charge in [-0.15, -0.1) is 0 Å². The molecule has 1 atom stereocenters. The van der Waals surface area contributed by atoms with Gasteiger partial charge < -0.3 is 4.52 Å². The minimum Gasteiger partial charge on any atom is -0.339 e. The molecular weight excluding hydrogens is 320 g/mol. The Hall–Kier alpha value is -1.49. The molecular formula is C15H17BrN2O2. The molecule has 2 aromatic rings. The molecule has 1 aromatic carbocycles. The number of Topliss-reactive ketones (excluding diaryl/α,β-unsaturated/α-hetero) is 1. The topological polar surface area (TPSA) is 56.0 Å². The molecule has 0 spiro atoms. The average Bonchev–Trinajstić information content (AvgIpc) is 2.76. The van der Waals surface area contributed by atoms with Crippen molar-refractivity contribution in [3.8, 4) is 0 Å². The summed E-state index contributed by atoms with van der Waals surface area (Å²) in [7, 11) is 0. The van der Waals surface area contributed by atoms with E-state index in [1.165, 1.54) is 0 Å². The second-order valence-electron chi connectivity index (χ2n) is 5.19. The van der Waals surface area contributed by atoms with Crippen molar-refractivity contribution in [1.29, 1.82) is 0 Å². The zero-order valence-corrected chi connectivity index (χ0v) is 13.3. The van der Waals surface area contributed by atoms with E-state index < -0.39 is 0 Å². The van der Waals surface area contributed by atoms with E-state index >= 15 is 0 Å². The van der Waals surface area contributed by atoms with Crippen molar-refractivity contribution in [2.24, 2.45) is 5.92 Å². The number of rotatable bonds is 5. The molecule has 4 nitrogen and oxygen atoms in total. The van der Waals surface area contributed by atoms with Gasteiger partial charge in [0.2, 0.25) is 5.89 Å². The molecule has 0 saturated carbocycles. The Labute approximate surface area is 126 Å². The lowest BCUT2D eigenvalue weighted by atomic mass is 9.92. The quantitative estimate of drug-likeness (QED) is 0.834. The molecule has 1 unspecified atom stereocenters. The van der Waals surface area contributed by atoms with Crippen molar-refractivity contribution >= 4 is 21.7 Å². The van der Waals surface area contributed by atoms with Crippen LogP contribution in [0.3, 0.4) is 0 Å². The standard InChI is InChI=1S/C15H17BrN2O2/c1-9(2)14(10(3)19)15-17-13(18-20-15)8-11-5-4-6-12(16)7-11/h4-7,9,14H,8H2,1-3H3. The maximum atomic E-state index is 11.7. The van der Waals surface area contributed by atoms with Crippen molar-refractivity contribution < 1.29 is 9.32 Å². The maximum Gasteiger partial charge on any atom is 0.237 e. The summed E-state index contributed by atoms with van der Waals surface area (Å²) in [6.07, 6.45) is 0.589. The van der Waals surface area contributed by atoms with Crippen LogP contribution in [0.15, 0.2) is 33.3 Å². The van der Waals surface area contributed by atoms with E-state index in [0.29, 0.717) is 18.1 Å². The molecule has 2 rings (SSSR count). The number of hydrogen-bond donors (Lipinski definition) is 0. The summed E-state index contributed by atoms with van der Waals surface area (Å²) in [6, 6.07) is 7.95. The van der Waals surface area contributed by atoms with Crippen LogP contribution in [0.2, 0.25) is 0 Å². The SMILES string of the molecule is CC(=O)C(c1nc(Cc2cccc(Br)c2)no1)C(C)C. The van der Waals surface area contributed by atoms with Crippen LogP contribution in [0, 0.1) is 5.92 Å². The van der Waals surface area contributed by atoms with Crippen LogP contribution in [0.4, 0.5) is 0 Å². The molecule has 0 aliphatic rings. The number of ketones is 1. The molecule has 1 aromatic heterocycles. The predicted octanol–water partition coefficient (Wildman–Crippen LogP) is 3.75. The number of halogens is 1. The van der Waals surface area contributed by atoms with Crippen LogP contribution >= 0.6 is 15.9 Å². The Morgan fingerprint density at radius 1 is 1.40 bits per heavy atom. The smallest absolute Gasteiger partial charge is 0.237 e. The first kappa shape index (κ1) is 14.9. The van der Waals surface area contributed by atoms with E-state index in [2.05, 4.69) is 26.1 Å². The Balaban J connectivity index is 2.18. The average molecular weight is 337 g/mol. The van der Waals surface area contributed by atoms with Crippen LogP contribution in [0.1, 0.15) is 44.0 Å². The van der Waals surface area contributed by atoms with E-state index in [-0.39, 0.29) is 17.6 Å². The summed E-state index contributed by atoms with van der Waals surface area (Å²) in [5, 5.41) is 3.97. The van der Waals surface area contributed by atoms with Gasteiger partial charge in [-0.3, -0.25) is 4.79 Å². The van der Waals surface area contributed by atoms with Gasteiger partial charge >= 0.3 is 0 Å². The second-order valence-corrected chi connectivity index (χ2v) is 6.10. The van der Waals surface area contributed by atoms with Crippen molar-refractivity contribution in [2.45, 2.75) is 33.1 Å². The van der Waals surface area contributed by atoms with Crippen molar-refractivity contribution in [2.75, 3.05) is 0 Å². The minimum absolute atomic E-state index is 0.0534. The second kappa shape index (κ2) is 6.31. The van der Waals surface area contributed by atoms with Gasteiger partial charge in [0.1, 0.15) is 5.78 Å². The first-order valence-corrected chi connectivity index (χ1v) is 7.34. The monoisotopic (exact) mass is 336 g/mol. The van der Waals surface area contributed by atoms with Crippen LogP contribution in [0.5, 0.6) is 0 Å². The summed E-state index contributed by atoms with van der Waals surface area (Å²) < 4.78 is 6.27. The van der Waals surface area contributed by atoms with Gasteiger partial charge in [0.05, 0.1) is 5.92 Å². The fraction of sp³-hybridized carbons (Fsp3) is 0.400. The lowest BCUT2D eigenvalue weighted by molar-refractivity contribution is -0.119. The summed E-state index contributed by atoms with van der Waals surface area (Å²) in [4.78, 5) is 16.0. The van der Waals surface area contributed by atoms with E-state index in [0.717, 1.165) is 10.0 Å². The molecule has 5 heteroatoms. The van der Waals surface area contributed by atoms with Crippen LogP contribution in [-0.4, -0.2) is 15.9 Å². The highest BCUT2D eigenvalue weighted by Crippen LogP contribution is 2.24. The van der Waals surface area contributed by atoms with Crippen LogP contribution in [-0.2, 0) is 11.2 Å². The van der Waals surface area contributed by atoms with Gasteiger partial charge in [-0.25, -0.2) is 0 Å². The maximum absolute atomic E-state index is 11.7. The molecule has 0 saturated heterocycles. The van der Waals surface area contributed by atoms with Crippen molar-refractivity contribution in [3.05, 3.63) is 46.0 Å². The predicted molar refractivity (Wildman–Crippen MR) is 79.5 cm³/mol. The molecule has 0 bridgehead atoms. The van der Waals surface area contributed by atoms with E-state index in [1.807, 2.05) is 38.1 Å². The van der Waals surface area contributed by atoms with Gasteiger partial charge in [-0.05, 0) is 30.5 Å². The molecule has 0 aliphatic heterocycles. The van der Waals surface area contributed by atoms with Crippen molar-refractivity contribution in [1.82, 2.24) is 10.1 Å². The third-order valence-corrected chi connectivity index (χ3v) is 3.60. The summed E-state index contributed by atoms with van der Waals surface area (Å²) in [5.41, 5.74) is 1.09. The van der Waals surface area contributed by atoms with E-state index in [1.54, 1.807) is 6.92 Å². The number of hydrogen-bond acceptors (Lipinski definition) is 4. The zero-order chi connectivity index (χ0) is 14.7. The first-order valence-electron chi connectivity index (χ1n) is 6.54. The summed E-state index contributed by atoms with van der Waals surface area (Å²) in [6.45, 7) is 5.51. The summed E-state index contributed by atoms with van der Waals surface area (Å²) >= 11 is 3.43. The van der Waals surface area contributed by atoms with Crippen molar-refractivity contribution in [3.63, 3.8) is 0 Å². The zero-order valence-electron chi connectivity index (χ0n) is 11.8. The largest absolute Gasteiger partial charge is 0.339 e. The molecule has 0 amide bonds. The van der Waals surface area contributed by atoms with E-state index in [9.17, 15) is 4.79 Å². The molecule has 0 fully saturated rings. The van der Waals surface area contributed by atoms with Gasteiger partial charge in [0.15, 0.2) is 5.82 Å². The molecule has 0 N–H and O–H groups in total. The molecule has 1 heterocycles. The molecule has 20 heavy (non-hydrogen) atoms.